The van der Waals surface area contributed by atoms with Crippen LogP contribution in [0, 0.1) is 0 Å². The third-order valence-electron chi connectivity index (χ3n) is 5.65. The summed E-state index contributed by atoms with van der Waals surface area (Å²) in [6, 6.07) is 0.436. The molecule has 5 nitrogen and oxygen atoms in total. The van der Waals surface area contributed by atoms with Crippen molar-refractivity contribution in [3.63, 3.8) is 0 Å². The Labute approximate surface area is 148 Å². The zero-order chi connectivity index (χ0) is 17.8. The summed E-state index contributed by atoms with van der Waals surface area (Å²) in [5, 5.41) is 7.33. The van der Waals surface area contributed by atoms with Crippen LogP contribution >= 0.6 is 0 Å². The quantitative estimate of drug-likeness (QED) is 0.492. The van der Waals surface area contributed by atoms with Gasteiger partial charge >= 0.3 is 0 Å². The molecule has 0 N–H and O–H groups in total. The molecule has 2 aliphatic rings. The first-order chi connectivity index (χ1) is 11.2. The van der Waals surface area contributed by atoms with Crippen molar-refractivity contribution in [3.05, 3.63) is 0 Å². The summed E-state index contributed by atoms with van der Waals surface area (Å²) in [5.74, 6) is 0. The van der Waals surface area contributed by atoms with Crippen LogP contribution in [0.25, 0.3) is 0 Å². The van der Waals surface area contributed by atoms with Gasteiger partial charge in [0.25, 0.3) is 0 Å². The van der Waals surface area contributed by atoms with Gasteiger partial charge in [-0.25, -0.2) is 0 Å². The topological polar surface area (TPSA) is 43.3 Å². The minimum atomic E-state index is -1.63. The number of hydrogen-bond donors (Lipinski definition) is 0. The molecule has 140 valence electrons. The first-order valence-corrected chi connectivity index (χ1v) is 12.2. The summed E-state index contributed by atoms with van der Waals surface area (Å²) < 4.78 is 17.3. The lowest BCUT2D eigenvalue weighted by molar-refractivity contribution is 0.0546. The third kappa shape index (κ3) is 5.03. The molecular weight excluding hydrogens is 320 g/mol. The van der Waals surface area contributed by atoms with E-state index in [1.165, 1.54) is 18.6 Å². The Bertz CT molecular complexity index is 434. The van der Waals surface area contributed by atoms with E-state index in [0.717, 1.165) is 32.6 Å². The van der Waals surface area contributed by atoms with Gasteiger partial charge in [0, 0.05) is 20.3 Å². The minimum Gasteiger partial charge on any atom is -0.417 e. The summed E-state index contributed by atoms with van der Waals surface area (Å²) >= 11 is 0. The number of ether oxygens (including phenoxy) is 2. The second kappa shape index (κ2) is 8.30. The molecule has 2 atom stereocenters. The number of rotatable bonds is 8. The number of nitrogens with zero attached hydrogens (tertiary/aromatic N) is 2. The highest BCUT2D eigenvalue weighted by Crippen LogP contribution is 2.36. The average molecular weight is 357 g/mol. The van der Waals surface area contributed by atoms with E-state index in [1.807, 2.05) is 0 Å². The molecule has 0 spiro atoms. The van der Waals surface area contributed by atoms with Crippen LogP contribution in [0.15, 0.2) is 5.10 Å². The van der Waals surface area contributed by atoms with Gasteiger partial charge in [-0.1, -0.05) is 20.8 Å². The van der Waals surface area contributed by atoms with E-state index in [0.29, 0.717) is 12.6 Å². The number of hydrazone groups is 1. The zero-order valence-corrected chi connectivity index (χ0v) is 17.4. The molecule has 24 heavy (non-hydrogen) atoms. The van der Waals surface area contributed by atoms with Crippen LogP contribution in [0.1, 0.15) is 46.5 Å². The van der Waals surface area contributed by atoms with E-state index in [9.17, 15) is 0 Å². The second-order valence-corrected chi connectivity index (χ2v) is 13.4. The molecule has 0 aliphatic carbocycles. The lowest BCUT2D eigenvalue weighted by atomic mass is 10.1. The molecule has 0 unspecified atom stereocenters. The summed E-state index contributed by atoms with van der Waals surface area (Å²) in [4.78, 5) is 0. The zero-order valence-electron chi connectivity index (χ0n) is 16.4. The van der Waals surface area contributed by atoms with Crippen LogP contribution in [0.4, 0.5) is 0 Å². The molecule has 6 heteroatoms. The lowest BCUT2D eigenvalue weighted by Gasteiger charge is -2.36. The standard InChI is InChI=1S/C18H36N2O3Si/c1-18(2,3)24(5,6)23-12-8-10-17-16(14-22-17)19-20-11-7-9-15(20)13-21-4/h15,17H,7-14H2,1-6H3/b19-16+/t15-,17-/m0/s1. The second-order valence-electron chi connectivity index (χ2n) is 8.56. The third-order valence-corrected chi connectivity index (χ3v) is 10.2. The Morgan fingerprint density at radius 1 is 1.33 bits per heavy atom. The van der Waals surface area contributed by atoms with Gasteiger partial charge < -0.3 is 13.9 Å². The highest BCUT2D eigenvalue weighted by molar-refractivity contribution is 6.74. The average Bonchev–Trinajstić information content (AvgIpc) is 2.89. The van der Waals surface area contributed by atoms with Crippen molar-refractivity contribution < 1.29 is 13.9 Å². The van der Waals surface area contributed by atoms with Crippen LogP contribution in [0.5, 0.6) is 0 Å². The molecule has 2 heterocycles. The predicted molar refractivity (Wildman–Crippen MR) is 101 cm³/mol. The van der Waals surface area contributed by atoms with Gasteiger partial charge in [-0.3, -0.25) is 5.01 Å². The fraction of sp³-hybridized carbons (Fsp3) is 0.944. The van der Waals surface area contributed by atoms with Gasteiger partial charge in [-0.2, -0.15) is 5.10 Å². The van der Waals surface area contributed by atoms with Gasteiger partial charge in [-0.15, -0.1) is 0 Å². The molecule has 2 aliphatic heterocycles. The van der Waals surface area contributed by atoms with Crippen LogP contribution in [-0.4, -0.2) is 64.7 Å². The summed E-state index contributed by atoms with van der Waals surface area (Å²) in [6.07, 6.45) is 4.62. The van der Waals surface area contributed by atoms with E-state index >= 15 is 0 Å². The first kappa shape index (κ1) is 19.9. The lowest BCUT2D eigenvalue weighted by Crippen LogP contribution is -2.44. The van der Waals surface area contributed by atoms with E-state index in [1.54, 1.807) is 7.11 Å². The maximum atomic E-state index is 6.25. The van der Waals surface area contributed by atoms with Crippen molar-refractivity contribution >= 4 is 14.0 Å². The van der Waals surface area contributed by atoms with Crippen molar-refractivity contribution in [1.29, 1.82) is 0 Å². The first-order valence-electron chi connectivity index (χ1n) is 9.33. The molecule has 0 saturated carbocycles. The molecule has 2 saturated heterocycles. The van der Waals surface area contributed by atoms with Crippen LogP contribution in [0.2, 0.25) is 18.1 Å². The van der Waals surface area contributed by atoms with Crippen molar-refractivity contribution in [1.82, 2.24) is 5.01 Å². The van der Waals surface area contributed by atoms with E-state index < -0.39 is 8.32 Å². The number of methoxy groups -OCH3 is 1. The van der Waals surface area contributed by atoms with Gasteiger partial charge in [0.05, 0.1) is 25.0 Å². The van der Waals surface area contributed by atoms with Crippen LogP contribution in [-0.2, 0) is 13.9 Å². The fourth-order valence-electron chi connectivity index (χ4n) is 2.91. The van der Waals surface area contributed by atoms with Crippen molar-refractivity contribution in [2.75, 3.05) is 33.5 Å². The molecule has 0 aromatic rings. The molecule has 0 aromatic carbocycles. The predicted octanol–water partition coefficient (Wildman–Crippen LogP) is 3.65. The Kier molecular flexibility index (Phi) is 6.88. The monoisotopic (exact) mass is 356 g/mol. The Hall–Kier alpha value is -0.433. The van der Waals surface area contributed by atoms with Crippen LogP contribution < -0.4 is 0 Å². The molecule has 0 amide bonds. The molecular formula is C18H36N2O3Si. The van der Waals surface area contributed by atoms with Crippen molar-refractivity contribution in [3.8, 4) is 0 Å². The summed E-state index contributed by atoms with van der Waals surface area (Å²) in [6.45, 7) is 14.8. The van der Waals surface area contributed by atoms with E-state index in [4.69, 9.17) is 19.0 Å². The minimum absolute atomic E-state index is 0.191. The van der Waals surface area contributed by atoms with Gasteiger partial charge in [0.15, 0.2) is 8.32 Å². The smallest absolute Gasteiger partial charge is 0.191 e. The van der Waals surface area contributed by atoms with Crippen LogP contribution in [0.3, 0.4) is 0 Å². The van der Waals surface area contributed by atoms with E-state index in [2.05, 4.69) is 38.9 Å². The van der Waals surface area contributed by atoms with Crippen molar-refractivity contribution in [2.24, 2.45) is 5.10 Å². The highest BCUT2D eigenvalue weighted by Gasteiger charge is 2.37. The van der Waals surface area contributed by atoms with Gasteiger partial charge in [0.1, 0.15) is 6.10 Å². The maximum Gasteiger partial charge on any atom is 0.191 e. The summed E-state index contributed by atoms with van der Waals surface area (Å²) in [5.41, 5.74) is 1.20. The Balaban J connectivity index is 1.73. The van der Waals surface area contributed by atoms with Gasteiger partial charge in [-0.05, 0) is 43.8 Å². The number of hydrogen-bond acceptors (Lipinski definition) is 5. The molecule has 0 bridgehead atoms. The normalized spacial score (nSPS) is 26.9. The molecule has 2 fully saturated rings. The molecule has 0 radical (unpaired) electrons. The maximum absolute atomic E-state index is 6.25. The summed E-state index contributed by atoms with van der Waals surface area (Å²) in [7, 11) is 0.138. The molecule has 0 aromatic heterocycles. The Morgan fingerprint density at radius 2 is 2.08 bits per heavy atom. The van der Waals surface area contributed by atoms with Gasteiger partial charge in [0.2, 0.25) is 0 Å². The largest absolute Gasteiger partial charge is 0.417 e. The Morgan fingerprint density at radius 3 is 2.67 bits per heavy atom. The van der Waals surface area contributed by atoms with Crippen molar-refractivity contribution in [2.45, 2.75) is 76.7 Å². The fourth-order valence-corrected chi connectivity index (χ4v) is 4.00. The van der Waals surface area contributed by atoms with E-state index in [-0.39, 0.29) is 11.1 Å². The molecule has 2 rings (SSSR count). The highest BCUT2D eigenvalue weighted by atomic mass is 28.4. The SMILES string of the molecule is COC[C@@H]1CCCN1/N=C1\CO[C@H]1CCCO[Si](C)(C)C(C)(C)C.